The van der Waals surface area contributed by atoms with Crippen LogP contribution in [0.25, 0.3) is 0 Å². The molecule has 10 heteroatoms. The molecule has 0 aromatic heterocycles. The maximum atomic E-state index is 13.9. The van der Waals surface area contributed by atoms with Gasteiger partial charge in [0.15, 0.2) is 11.6 Å². The number of amides is 1. The normalized spacial score (nSPS) is 17.6. The van der Waals surface area contributed by atoms with Crippen molar-refractivity contribution in [3.8, 4) is 0 Å². The molecule has 0 saturated carbocycles. The zero-order chi connectivity index (χ0) is 21.1. The molecule has 1 saturated heterocycles. The van der Waals surface area contributed by atoms with Gasteiger partial charge in [-0.25, -0.2) is 21.6 Å². The molecule has 1 amide bonds. The van der Waals surface area contributed by atoms with Crippen molar-refractivity contribution < 1.29 is 26.4 Å². The van der Waals surface area contributed by atoms with E-state index in [4.69, 9.17) is 0 Å². The second kappa shape index (κ2) is 8.83. The zero-order valence-electron chi connectivity index (χ0n) is 15.6. The third-order valence-electron chi connectivity index (χ3n) is 4.81. The number of piperazine rings is 1. The maximum absolute atomic E-state index is 13.9. The number of hydrogen-bond donors (Lipinski definition) is 2. The quantitative estimate of drug-likeness (QED) is 0.568. The minimum Gasteiger partial charge on any atom is -0.333 e. The Morgan fingerprint density at radius 1 is 1.07 bits per heavy atom. The Balaban J connectivity index is 1.64. The Morgan fingerprint density at radius 2 is 1.72 bits per heavy atom. The first kappa shape index (κ1) is 21.1. The van der Waals surface area contributed by atoms with E-state index in [1.165, 1.54) is 12.1 Å². The highest BCUT2D eigenvalue weighted by atomic mass is 32.2. The number of nitrogens with zero attached hydrogens (tertiary/aromatic N) is 2. The van der Waals surface area contributed by atoms with E-state index in [1.54, 1.807) is 17.0 Å². The highest BCUT2D eigenvalue weighted by Gasteiger charge is 2.28. The van der Waals surface area contributed by atoms with Crippen molar-refractivity contribution in [2.75, 3.05) is 24.4 Å². The second-order valence-corrected chi connectivity index (χ2v) is 7.62. The molecule has 2 aromatic carbocycles. The molecule has 0 bridgehead atoms. The van der Waals surface area contributed by atoms with Crippen LogP contribution in [0.15, 0.2) is 36.4 Å². The molecule has 2 aromatic rings. The van der Waals surface area contributed by atoms with Crippen LogP contribution in [-0.4, -0.2) is 49.8 Å². The van der Waals surface area contributed by atoms with Gasteiger partial charge >= 0.3 is 0 Å². The van der Waals surface area contributed by atoms with Crippen molar-refractivity contribution in [3.63, 3.8) is 0 Å². The van der Waals surface area contributed by atoms with Crippen molar-refractivity contribution in [1.82, 2.24) is 9.80 Å². The van der Waals surface area contributed by atoms with E-state index in [2.05, 4.69) is 4.72 Å². The van der Waals surface area contributed by atoms with Gasteiger partial charge in [0.05, 0.1) is 0 Å². The second-order valence-electron chi connectivity index (χ2n) is 6.89. The van der Waals surface area contributed by atoms with E-state index in [9.17, 15) is 26.4 Å². The predicted molar refractivity (Wildman–Crippen MR) is 102 cm³/mol. The van der Waals surface area contributed by atoms with Crippen LogP contribution in [-0.2, 0) is 17.4 Å². The van der Waals surface area contributed by atoms with Crippen LogP contribution in [0.3, 0.4) is 0 Å². The van der Waals surface area contributed by atoms with Crippen molar-refractivity contribution in [2.45, 2.75) is 19.5 Å². The molecule has 1 aliphatic heterocycles. The fraction of sp³-hybridized carbons (Fsp3) is 0.316. The van der Waals surface area contributed by atoms with Crippen molar-refractivity contribution >= 4 is 22.5 Å². The monoisotopic (exact) mass is 427 g/mol. The molecule has 6 nitrogen and oxygen atoms in total. The third kappa shape index (κ3) is 5.07. The SMILES string of the molecule is C[C@@H]1CN(Cc2cc(F)c(F)cc2F)CCN1C(=O)c1ccc(N[SH](=O)=O)cc1. The lowest BCUT2D eigenvalue weighted by Gasteiger charge is -2.40. The highest BCUT2D eigenvalue weighted by Crippen LogP contribution is 2.20. The predicted octanol–water partition coefficient (Wildman–Crippen LogP) is 2.39. The van der Waals surface area contributed by atoms with Crippen LogP contribution in [0.5, 0.6) is 0 Å². The number of benzene rings is 2. The summed E-state index contributed by atoms with van der Waals surface area (Å²) in [5.74, 6) is -3.32. The molecule has 0 aliphatic carbocycles. The summed E-state index contributed by atoms with van der Waals surface area (Å²) in [5.41, 5.74) is 0.850. The zero-order valence-corrected chi connectivity index (χ0v) is 16.5. The van der Waals surface area contributed by atoms with E-state index in [1.807, 2.05) is 11.8 Å². The molecule has 1 aliphatic rings. The standard InChI is InChI=1S/C19H20F3N3O3S/c1-12-10-24(11-14-8-17(21)18(22)9-16(14)20)6-7-25(12)19(26)13-2-4-15(5-3-13)23-29(27)28/h2-5,8-9,12,29H,6-7,10-11H2,1H3,(H,23,27,28)/t12-/m1/s1. The lowest BCUT2D eigenvalue weighted by Crippen LogP contribution is -2.53. The number of carbonyl (C=O) groups excluding carboxylic acids is 1. The Kier molecular flexibility index (Phi) is 6.43. The molecule has 29 heavy (non-hydrogen) atoms. The molecule has 1 heterocycles. The molecule has 1 fully saturated rings. The fourth-order valence-electron chi connectivity index (χ4n) is 3.36. The smallest absolute Gasteiger partial charge is 0.254 e. The summed E-state index contributed by atoms with van der Waals surface area (Å²) in [4.78, 5) is 16.3. The van der Waals surface area contributed by atoms with Gasteiger partial charge in [-0.3, -0.25) is 14.4 Å². The molecule has 0 spiro atoms. The fourth-order valence-corrected chi connectivity index (χ4v) is 3.72. The maximum Gasteiger partial charge on any atom is 0.254 e. The Labute approximate surface area is 168 Å². The molecule has 1 N–H and O–H groups in total. The van der Waals surface area contributed by atoms with Gasteiger partial charge in [-0.15, -0.1) is 0 Å². The number of carbonyl (C=O) groups is 1. The largest absolute Gasteiger partial charge is 0.333 e. The lowest BCUT2D eigenvalue weighted by atomic mass is 10.1. The number of hydrogen-bond acceptors (Lipinski definition) is 4. The third-order valence-corrected chi connectivity index (χ3v) is 5.25. The van der Waals surface area contributed by atoms with Crippen LogP contribution >= 0.6 is 0 Å². The molecule has 3 rings (SSSR count). The number of nitrogens with one attached hydrogen (secondary N) is 1. The summed E-state index contributed by atoms with van der Waals surface area (Å²) < 4.78 is 64.0. The summed E-state index contributed by atoms with van der Waals surface area (Å²) in [6.07, 6.45) is 0. The average molecular weight is 427 g/mol. The first-order chi connectivity index (χ1) is 13.7. The molecule has 0 radical (unpaired) electrons. The van der Waals surface area contributed by atoms with Crippen LogP contribution in [0, 0.1) is 17.5 Å². The van der Waals surface area contributed by atoms with Gasteiger partial charge in [-0.1, -0.05) is 0 Å². The number of rotatable bonds is 5. The Morgan fingerprint density at radius 3 is 2.34 bits per heavy atom. The van der Waals surface area contributed by atoms with Gasteiger partial charge in [0.1, 0.15) is 5.82 Å². The summed E-state index contributed by atoms with van der Waals surface area (Å²) in [6.45, 7) is 3.25. The van der Waals surface area contributed by atoms with Gasteiger partial charge in [0.2, 0.25) is 10.9 Å². The van der Waals surface area contributed by atoms with Crippen LogP contribution < -0.4 is 4.72 Å². The molecular weight excluding hydrogens is 407 g/mol. The van der Waals surface area contributed by atoms with Crippen molar-refractivity contribution in [3.05, 3.63) is 65.0 Å². The summed E-state index contributed by atoms with van der Waals surface area (Å²) in [7, 11) is -2.78. The minimum absolute atomic E-state index is 0.0654. The van der Waals surface area contributed by atoms with Gasteiger partial charge in [0, 0.05) is 55.1 Å². The number of anilines is 1. The van der Waals surface area contributed by atoms with E-state index in [-0.39, 0.29) is 24.1 Å². The summed E-state index contributed by atoms with van der Waals surface area (Å²) in [5, 5.41) is 0. The Bertz CT molecular complexity index is 975. The lowest BCUT2D eigenvalue weighted by molar-refractivity contribution is 0.0473. The molecular formula is C19H20F3N3O3S. The van der Waals surface area contributed by atoms with Crippen LogP contribution in [0.4, 0.5) is 18.9 Å². The minimum atomic E-state index is -2.78. The van der Waals surface area contributed by atoms with E-state index in [0.717, 1.165) is 6.07 Å². The van der Waals surface area contributed by atoms with Gasteiger partial charge in [-0.2, -0.15) is 0 Å². The number of halogens is 3. The van der Waals surface area contributed by atoms with Crippen LogP contribution in [0.2, 0.25) is 0 Å². The summed E-state index contributed by atoms with van der Waals surface area (Å²) in [6, 6.07) is 7.31. The van der Waals surface area contributed by atoms with Gasteiger partial charge in [0.25, 0.3) is 5.91 Å². The van der Waals surface area contributed by atoms with Gasteiger partial charge in [-0.05, 0) is 37.3 Å². The highest BCUT2D eigenvalue weighted by molar-refractivity contribution is 7.73. The Hall–Kier alpha value is -2.59. The molecule has 1 atom stereocenters. The number of thiol groups is 1. The molecule has 0 unspecified atom stereocenters. The average Bonchev–Trinajstić information content (AvgIpc) is 2.66. The molecule has 156 valence electrons. The van der Waals surface area contributed by atoms with E-state index < -0.39 is 28.3 Å². The van der Waals surface area contributed by atoms with Crippen LogP contribution in [0.1, 0.15) is 22.8 Å². The van der Waals surface area contributed by atoms with Gasteiger partial charge < -0.3 is 4.90 Å². The van der Waals surface area contributed by atoms with Crippen molar-refractivity contribution in [1.29, 1.82) is 0 Å². The first-order valence-electron chi connectivity index (χ1n) is 8.92. The van der Waals surface area contributed by atoms with Crippen molar-refractivity contribution in [2.24, 2.45) is 0 Å². The topological polar surface area (TPSA) is 69.7 Å². The first-order valence-corrected chi connectivity index (χ1v) is 10.1. The van der Waals surface area contributed by atoms with E-state index >= 15 is 0 Å². The summed E-state index contributed by atoms with van der Waals surface area (Å²) >= 11 is 0. The van der Waals surface area contributed by atoms with E-state index in [0.29, 0.717) is 37.0 Å².